The average Bonchev–Trinajstić information content (AvgIpc) is 3.26. The van der Waals surface area contributed by atoms with Crippen LogP contribution in [0.4, 0.5) is 14.5 Å². The van der Waals surface area contributed by atoms with E-state index in [0.717, 1.165) is 11.8 Å². The van der Waals surface area contributed by atoms with E-state index in [1.54, 1.807) is 17.3 Å². The normalized spacial score (nSPS) is 24.9. The van der Waals surface area contributed by atoms with E-state index in [2.05, 4.69) is 14.9 Å². The Kier molecular flexibility index (Phi) is 4.40. The lowest BCUT2D eigenvalue weighted by Gasteiger charge is -2.38. The van der Waals surface area contributed by atoms with Gasteiger partial charge in [-0.05, 0) is 30.5 Å². The van der Waals surface area contributed by atoms with Crippen molar-refractivity contribution in [2.24, 2.45) is 0 Å². The topological polar surface area (TPSA) is 82.4 Å². The molecule has 1 aromatic heterocycles. The summed E-state index contributed by atoms with van der Waals surface area (Å²) in [5, 5.41) is 8.83. The number of carbonyl (C=O) groups is 1. The van der Waals surface area contributed by atoms with Crippen molar-refractivity contribution in [1.82, 2.24) is 14.9 Å². The molecule has 1 spiro atoms. The summed E-state index contributed by atoms with van der Waals surface area (Å²) in [5.74, 6) is -1.28. The van der Waals surface area contributed by atoms with Gasteiger partial charge in [-0.15, -0.1) is 0 Å². The minimum Gasteiger partial charge on any atom is -0.369 e. The Labute approximate surface area is 171 Å². The molecular formula is C21H19F2N5O2. The highest BCUT2D eigenvalue weighted by molar-refractivity contribution is 5.88. The van der Waals surface area contributed by atoms with Crippen molar-refractivity contribution in [2.75, 3.05) is 18.0 Å². The van der Waals surface area contributed by atoms with E-state index in [1.165, 1.54) is 12.1 Å². The van der Waals surface area contributed by atoms with Crippen LogP contribution in [0.5, 0.6) is 0 Å². The third kappa shape index (κ3) is 2.99. The number of carbonyl (C=O) groups excluding carboxylic acids is 1. The summed E-state index contributed by atoms with van der Waals surface area (Å²) in [6.45, 7) is 1.17. The standard InChI is InChI=1S/C21H19F2N5O2/c22-14-7-13(8-15(23)9-14)17-1-2-19-28(17)20(29)21(30-19)3-5-27(6-4-21)16-11-25-18(10-24)26-12-16/h7-9,11-12,17,19H,1-6H2. The number of anilines is 1. The Bertz CT molecular complexity index is 1010. The molecule has 0 aliphatic carbocycles. The highest BCUT2D eigenvalue weighted by Gasteiger charge is 2.58. The van der Waals surface area contributed by atoms with Gasteiger partial charge in [0.2, 0.25) is 5.82 Å². The number of hydrogen-bond acceptors (Lipinski definition) is 6. The Morgan fingerprint density at radius 3 is 2.40 bits per heavy atom. The highest BCUT2D eigenvalue weighted by Crippen LogP contribution is 2.48. The first-order valence-corrected chi connectivity index (χ1v) is 9.93. The number of ether oxygens (including phenoxy) is 1. The van der Waals surface area contributed by atoms with Crippen LogP contribution in [0.2, 0.25) is 0 Å². The second-order valence-corrected chi connectivity index (χ2v) is 7.94. The summed E-state index contributed by atoms with van der Waals surface area (Å²) < 4.78 is 33.7. The first kappa shape index (κ1) is 18.9. The van der Waals surface area contributed by atoms with Gasteiger partial charge in [-0.25, -0.2) is 18.7 Å². The zero-order chi connectivity index (χ0) is 20.9. The van der Waals surface area contributed by atoms with Crippen molar-refractivity contribution in [3.8, 4) is 6.07 Å². The van der Waals surface area contributed by atoms with Gasteiger partial charge in [-0.2, -0.15) is 5.26 Å². The molecule has 3 fully saturated rings. The Balaban J connectivity index is 1.33. The molecule has 2 aromatic rings. The van der Waals surface area contributed by atoms with Gasteiger partial charge in [0.15, 0.2) is 5.60 Å². The van der Waals surface area contributed by atoms with Gasteiger partial charge in [0, 0.05) is 32.0 Å². The molecule has 5 rings (SSSR count). The Hall–Kier alpha value is -3.12. The quantitative estimate of drug-likeness (QED) is 0.756. The lowest BCUT2D eigenvalue weighted by Crippen LogP contribution is -2.50. The van der Waals surface area contributed by atoms with Crippen LogP contribution in [0.15, 0.2) is 30.6 Å². The van der Waals surface area contributed by atoms with E-state index < -0.39 is 17.2 Å². The van der Waals surface area contributed by atoms with E-state index in [0.29, 0.717) is 44.3 Å². The molecule has 7 nitrogen and oxygen atoms in total. The summed E-state index contributed by atoms with van der Waals surface area (Å²) in [5.41, 5.74) is 0.359. The molecule has 3 aliphatic heterocycles. The van der Waals surface area contributed by atoms with Gasteiger partial charge in [0.1, 0.15) is 23.9 Å². The molecule has 3 aliphatic rings. The number of piperidine rings is 1. The average molecular weight is 411 g/mol. The van der Waals surface area contributed by atoms with Crippen molar-refractivity contribution in [1.29, 1.82) is 5.26 Å². The lowest BCUT2D eigenvalue weighted by atomic mass is 9.89. The van der Waals surface area contributed by atoms with Crippen LogP contribution in [0.1, 0.15) is 43.1 Å². The molecule has 154 valence electrons. The zero-order valence-electron chi connectivity index (χ0n) is 16.1. The van der Waals surface area contributed by atoms with Crippen molar-refractivity contribution < 1.29 is 18.3 Å². The fraction of sp³-hybridized carbons (Fsp3) is 0.429. The smallest absolute Gasteiger partial charge is 0.257 e. The van der Waals surface area contributed by atoms with E-state index in [9.17, 15) is 13.6 Å². The second kappa shape index (κ2) is 6.99. The van der Waals surface area contributed by atoms with Crippen LogP contribution < -0.4 is 4.90 Å². The maximum Gasteiger partial charge on any atom is 0.257 e. The second-order valence-electron chi connectivity index (χ2n) is 7.94. The van der Waals surface area contributed by atoms with Crippen LogP contribution >= 0.6 is 0 Å². The number of benzene rings is 1. The van der Waals surface area contributed by atoms with E-state index >= 15 is 0 Å². The van der Waals surface area contributed by atoms with Crippen LogP contribution in [-0.2, 0) is 9.53 Å². The van der Waals surface area contributed by atoms with Crippen LogP contribution in [0, 0.1) is 23.0 Å². The minimum atomic E-state index is -0.904. The maximum atomic E-state index is 13.7. The van der Waals surface area contributed by atoms with Crippen LogP contribution in [-0.4, -0.2) is 45.7 Å². The van der Waals surface area contributed by atoms with Gasteiger partial charge in [-0.3, -0.25) is 4.79 Å². The fourth-order valence-corrected chi connectivity index (χ4v) is 4.81. The van der Waals surface area contributed by atoms with E-state index in [4.69, 9.17) is 10.00 Å². The fourth-order valence-electron chi connectivity index (χ4n) is 4.81. The number of rotatable bonds is 2. The number of amides is 1. The lowest BCUT2D eigenvalue weighted by molar-refractivity contribution is -0.140. The molecule has 2 unspecified atom stereocenters. The minimum absolute atomic E-state index is 0.101. The van der Waals surface area contributed by atoms with Crippen molar-refractivity contribution in [2.45, 2.75) is 43.6 Å². The summed E-state index contributed by atoms with van der Waals surface area (Å²) in [7, 11) is 0. The maximum absolute atomic E-state index is 13.7. The number of nitriles is 1. The van der Waals surface area contributed by atoms with Crippen molar-refractivity contribution >= 4 is 11.6 Å². The van der Waals surface area contributed by atoms with E-state index in [1.807, 2.05) is 6.07 Å². The van der Waals surface area contributed by atoms with Gasteiger partial charge >= 0.3 is 0 Å². The molecule has 1 aromatic carbocycles. The number of halogens is 2. The third-order valence-electron chi connectivity index (χ3n) is 6.26. The molecule has 0 radical (unpaired) electrons. The van der Waals surface area contributed by atoms with Crippen LogP contribution in [0.25, 0.3) is 0 Å². The molecule has 0 bridgehead atoms. The molecule has 30 heavy (non-hydrogen) atoms. The summed E-state index contributed by atoms with van der Waals surface area (Å²) in [4.78, 5) is 25.1. The number of fused-ring (bicyclic) bond motifs is 1. The number of nitrogens with zero attached hydrogens (tertiary/aromatic N) is 5. The number of aromatic nitrogens is 2. The molecule has 9 heteroatoms. The first-order chi connectivity index (χ1) is 14.5. The summed E-state index contributed by atoms with van der Waals surface area (Å²) >= 11 is 0. The molecule has 0 N–H and O–H groups in total. The van der Waals surface area contributed by atoms with Gasteiger partial charge in [0.25, 0.3) is 5.91 Å². The first-order valence-electron chi connectivity index (χ1n) is 9.93. The largest absolute Gasteiger partial charge is 0.369 e. The number of hydrogen-bond donors (Lipinski definition) is 0. The molecule has 2 atom stereocenters. The molecule has 0 saturated carbocycles. The van der Waals surface area contributed by atoms with Crippen molar-refractivity contribution in [3.05, 3.63) is 53.6 Å². The van der Waals surface area contributed by atoms with Gasteiger partial charge in [-0.1, -0.05) is 0 Å². The molecule has 1 amide bonds. The van der Waals surface area contributed by atoms with E-state index in [-0.39, 0.29) is 24.0 Å². The Morgan fingerprint density at radius 2 is 1.77 bits per heavy atom. The third-order valence-corrected chi connectivity index (χ3v) is 6.26. The summed E-state index contributed by atoms with van der Waals surface area (Å²) in [6, 6.07) is 4.94. The monoisotopic (exact) mass is 411 g/mol. The van der Waals surface area contributed by atoms with Crippen molar-refractivity contribution in [3.63, 3.8) is 0 Å². The van der Waals surface area contributed by atoms with Gasteiger partial charge < -0.3 is 14.5 Å². The molecule has 3 saturated heterocycles. The van der Waals surface area contributed by atoms with Gasteiger partial charge in [0.05, 0.1) is 24.1 Å². The molecular weight excluding hydrogens is 392 g/mol. The molecule has 4 heterocycles. The van der Waals surface area contributed by atoms with Crippen LogP contribution in [0.3, 0.4) is 0 Å². The predicted octanol–water partition coefficient (Wildman–Crippen LogP) is 2.69. The SMILES string of the molecule is N#Cc1ncc(N2CCC3(CC2)OC2CCC(c4cc(F)cc(F)c4)N2C3=O)cn1. The summed E-state index contributed by atoms with van der Waals surface area (Å²) in [6.07, 6.45) is 5.11. The Morgan fingerprint density at radius 1 is 1.10 bits per heavy atom. The zero-order valence-corrected chi connectivity index (χ0v) is 16.1. The highest BCUT2D eigenvalue weighted by atomic mass is 19.1. The predicted molar refractivity (Wildman–Crippen MR) is 101 cm³/mol.